The Kier molecular flexibility index (Phi) is 4.45. The standard InChI is InChI=1S/C17H19NO/c1-13-4-3-5-15(10-13)7-9-17(19)11-16-8-6-14(2)12-18-16/h3-6,8,10,12H,7,9,11H2,1-2H3. The van der Waals surface area contributed by atoms with Gasteiger partial charge in [-0.25, -0.2) is 0 Å². The Bertz CT molecular complexity index is 558. The Morgan fingerprint density at radius 3 is 2.63 bits per heavy atom. The van der Waals surface area contributed by atoms with Crippen LogP contribution in [0.2, 0.25) is 0 Å². The molecule has 0 aliphatic rings. The van der Waals surface area contributed by atoms with E-state index in [1.807, 2.05) is 31.3 Å². The van der Waals surface area contributed by atoms with Gasteiger partial charge in [0.15, 0.2) is 0 Å². The molecule has 2 heteroatoms. The minimum Gasteiger partial charge on any atom is -0.299 e. The Hall–Kier alpha value is -1.96. The van der Waals surface area contributed by atoms with Gasteiger partial charge in [0.1, 0.15) is 5.78 Å². The predicted molar refractivity (Wildman–Crippen MR) is 77.2 cm³/mol. The van der Waals surface area contributed by atoms with E-state index in [-0.39, 0.29) is 5.78 Å². The van der Waals surface area contributed by atoms with Gasteiger partial charge >= 0.3 is 0 Å². The van der Waals surface area contributed by atoms with Crippen molar-refractivity contribution in [3.8, 4) is 0 Å². The molecule has 0 aliphatic heterocycles. The van der Waals surface area contributed by atoms with Crippen LogP contribution in [-0.4, -0.2) is 10.8 Å². The van der Waals surface area contributed by atoms with Crippen LogP contribution in [0, 0.1) is 13.8 Å². The van der Waals surface area contributed by atoms with Crippen LogP contribution < -0.4 is 0 Å². The van der Waals surface area contributed by atoms with E-state index in [1.165, 1.54) is 11.1 Å². The quantitative estimate of drug-likeness (QED) is 0.817. The van der Waals surface area contributed by atoms with Crippen LogP contribution in [0.25, 0.3) is 0 Å². The molecule has 0 saturated carbocycles. The predicted octanol–water partition coefficient (Wildman–Crippen LogP) is 3.44. The normalized spacial score (nSPS) is 10.4. The van der Waals surface area contributed by atoms with Crippen LogP contribution in [0.5, 0.6) is 0 Å². The molecule has 19 heavy (non-hydrogen) atoms. The molecule has 0 aliphatic carbocycles. The maximum absolute atomic E-state index is 11.9. The van der Waals surface area contributed by atoms with Crippen molar-refractivity contribution in [2.24, 2.45) is 0 Å². The number of rotatable bonds is 5. The second-order valence-corrected chi connectivity index (χ2v) is 5.03. The van der Waals surface area contributed by atoms with E-state index in [0.29, 0.717) is 12.8 Å². The maximum Gasteiger partial charge on any atom is 0.139 e. The maximum atomic E-state index is 11.9. The zero-order valence-corrected chi connectivity index (χ0v) is 11.5. The van der Waals surface area contributed by atoms with E-state index in [2.05, 4.69) is 30.1 Å². The number of hydrogen-bond acceptors (Lipinski definition) is 2. The summed E-state index contributed by atoms with van der Waals surface area (Å²) in [6, 6.07) is 12.2. The molecule has 1 heterocycles. The molecule has 98 valence electrons. The van der Waals surface area contributed by atoms with E-state index >= 15 is 0 Å². The molecular formula is C17H19NO. The zero-order chi connectivity index (χ0) is 13.7. The molecule has 0 bridgehead atoms. The van der Waals surface area contributed by atoms with Crippen molar-refractivity contribution in [3.63, 3.8) is 0 Å². The summed E-state index contributed by atoms with van der Waals surface area (Å²) in [7, 11) is 0. The number of nitrogens with zero attached hydrogens (tertiary/aromatic N) is 1. The highest BCUT2D eigenvalue weighted by Gasteiger charge is 2.05. The monoisotopic (exact) mass is 253 g/mol. The number of carbonyl (C=O) groups is 1. The Labute approximate surface area is 114 Å². The van der Waals surface area contributed by atoms with Crippen LogP contribution >= 0.6 is 0 Å². The molecule has 2 nitrogen and oxygen atoms in total. The highest BCUT2D eigenvalue weighted by atomic mass is 16.1. The highest BCUT2D eigenvalue weighted by molar-refractivity contribution is 5.80. The van der Waals surface area contributed by atoms with Gasteiger partial charge < -0.3 is 0 Å². The first-order chi connectivity index (χ1) is 9.13. The van der Waals surface area contributed by atoms with Crippen molar-refractivity contribution in [3.05, 3.63) is 65.0 Å². The van der Waals surface area contributed by atoms with Gasteiger partial charge in [-0.1, -0.05) is 35.9 Å². The topological polar surface area (TPSA) is 30.0 Å². The summed E-state index contributed by atoms with van der Waals surface area (Å²) >= 11 is 0. The fraction of sp³-hybridized carbons (Fsp3) is 0.294. The van der Waals surface area contributed by atoms with E-state index in [4.69, 9.17) is 0 Å². The SMILES string of the molecule is Cc1ccc(CC(=O)CCc2cccc(C)c2)nc1. The summed E-state index contributed by atoms with van der Waals surface area (Å²) in [4.78, 5) is 16.2. The number of pyridine rings is 1. The number of benzene rings is 1. The Balaban J connectivity index is 1.86. The van der Waals surface area contributed by atoms with Gasteiger partial charge in [0.2, 0.25) is 0 Å². The van der Waals surface area contributed by atoms with Gasteiger partial charge in [-0.2, -0.15) is 0 Å². The fourth-order valence-electron chi connectivity index (χ4n) is 2.04. The van der Waals surface area contributed by atoms with Crippen molar-refractivity contribution >= 4 is 5.78 Å². The van der Waals surface area contributed by atoms with Crippen LogP contribution in [0.15, 0.2) is 42.6 Å². The van der Waals surface area contributed by atoms with Gasteiger partial charge in [0.05, 0.1) is 0 Å². The molecule has 0 amide bonds. The van der Waals surface area contributed by atoms with Crippen LogP contribution in [0.4, 0.5) is 0 Å². The van der Waals surface area contributed by atoms with Gasteiger partial charge in [0, 0.05) is 24.7 Å². The number of carbonyl (C=O) groups excluding carboxylic acids is 1. The van der Waals surface area contributed by atoms with Gasteiger partial charge in [-0.15, -0.1) is 0 Å². The number of ketones is 1. The fourth-order valence-corrected chi connectivity index (χ4v) is 2.04. The third kappa shape index (κ3) is 4.32. The third-order valence-electron chi connectivity index (χ3n) is 3.13. The van der Waals surface area contributed by atoms with Gasteiger partial charge in [-0.05, 0) is 37.5 Å². The smallest absolute Gasteiger partial charge is 0.139 e. The lowest BCUT2D eigenvalue weighted by molar-refractivity contribution is -0.118. The number of aryl methyl sites for hydroxylation is 3. The second kappa shape index (κ2) is 6.28. The molecule has 0 N–H and O–H groups in total. The zero-order valence-electron chi connectivity index (χ0n) is 11.5. The van der Waals surface area contributed by atoms with Crippen molar-refractivity contribution in [1.29, 1.82) is 0 Å². The molecule has 0 radical (unpaired) electrons. The first-order valence-corrected chi connectivity index (χ1v) is 6.62. The second-order valence-electron chi connectivity index (χ2n) is 5.03. The summed E-state index contributed by atoms with van der Waals surface area (Å²) in [5.74, 6) is 0.248. The summed E-state index contributed by atoms with van der Waals surface area (Å²) in [5.41, 5.74) is 4.45. The Morgan fingerprint density at radius 2 is 1.95 bits per heavy atom. The number of Topliss-reactive ketones (excluding diaryl/α,β-unsaturated/α-hetero) is 1. The van der Waals surface area contributed by atoms with E-state index in [0.717, 1.165) is 17.7 Å². The van der Waals surface area contributed by atoms with E-state index in [1.54, 1.807) is 0 Å². The van der Waals surface area contributed by atoms with Gasteiger partial charge in [0.25, 0.3) is 0 Å². The number of hydrogen-bond donors (Lipinski definition) is 0. The minimum atomic E-state index is 0.248. The molecule has 0 spiro atoms. The molecule has 0 fully saturated rings. The summed E-state index contributed by atoms with van der Waals surface area (Å²) in [5, 5.41) is 0. The summed E-state index contributed by atoms with van der Waals surface area (Å²) in [6.07, 6.45) is 3.64. The largest absolute Gasteiger partial charge is 0.299 e. The lowest BCUT2D eigenvalue weighted by Crippen LogP contribution is -2.05. The van der Waals surface area contributed by atoms with Crippen LogP contribution in [-0.2, 0) is 17.6 Å². The van der Waals surface area contributed by atoms with Gasteiger partial charge in [-0.3, -0.25) is 9.78 Å². The van der Waals surface area contributed by atoms with E-state index < -0.39 is 0 Å². The Morgan fingerprint density at radius 1 is 1.11 bits per heavy atom. The highest BCUT2D eigenvalue weighted by Crippen LogP contribution is 2.08. The first kappa shape index (κ1) is 13.5. The molecule has 2 rings (SSSR count). The summed E-state index contributed by atoms with van der Waals surface area (Å²) < 4.78 is 0. The first-order valence-electron chi connectivity index (χ1n) is 6.62. The summed E-state index contributed by atoms with van der Waals surface area (Å²) in [6.45, 7) is 4.07. The van der Waals surface area contributed by atoms with Crippen molar-refractivity contribution < 1.29 is 4.79 Å². The van der Waals surface area contributed by atoms with Crippen molar-refractivity contribution in [2.75, 3.05) is 0 Å². The van der Waals surface area contributed by atoms with Crippen LogP contribution in [0.1, 0.15) is 28.8 Å². The molecule has 1 aromatic heterocycles. The van der Waals surface area contributed by atoms with E-state index in [9.17, 15) is 4.79 Å². The molecule has 0 unspecified atom stereocenters. The lowest BCUT2D eigenvalue weighted by Gasteiger charge is -2.03. The third-order valence-corrected chi connectivity index (χ3v) is 3.13. The number of aromatic nitrogens is 1. The van der Waals surface area contributed by atoms with Crippen molar-refractivity contribution in [2.45, 2.75) is 33.1 Å². The minimum absolute atomic E-state index is 0.248. The molecule has 1 aromatic carbocycles. The molecular weight excluding hydrogens is 234 g/mol. The van der Waals surface area contributed by atoms with Crippen LogP contribution in [0.3, 0.4) is 0 Å². The van der Waals surface area contributed by atoms with Crippen molar-refractivity contribution in [1.82, 2.24) is 4.98 Å². The average molecular weight is 253 g/mol. The molecule has 0 atom stereocenters. The lowest BCUT2D eigenvalue weighted by atomic mass is 10.0. The molecule has 2 aromatic rings. The average Bonchev–Trinajstić information content (AvgIpc) is 2.39. The molecule has 0 saturated heterocycles.